The van der Waals surface area contributed by atoms with Crippen LogP contribution in [0.15, 0.2) is 27.0 Å². The summed E-state index contributed by atoms with van der Waals surface area (Å²) >= 11 is 0. The second-order valence-corrected chi connectivity index (χ2v) is 4.96. The highest BCUT2D eigenvalue weighted by atomic mass is 16.5. The Hall–Kier alpha value is -2.46. The van der Waals surface area contributed by atoms with Crippen molar-refractivity contribution in [1.29, 1.82) is 0 Å². The number of rotatable bonds is 4. The molecule has 11 nitrogen and oxygen atoms in total. The highest BCUT2D eigenvalue weighted by Crippen LogP contribution is 2.30. The summed E-state index contributed by atoms with van der Waals surface area (Å²) in [6, 6.07) is -0.294. The largest absolute Gasteiger partial charge is 0.390 e. The van der Waals surface area contributed by atoms with Crippen molar-refractivity contribution in [2.24, 2.45) is 5.11 Å². The summed E-state index contributed by atoms with van der Waals surface area (Å²) in [6.07, 6.45) is -4.89. The Balaban J connectivity index is 2.46. The Morgan fingerprint density at radius 2 is 2.17 bits per heavy atom. The fraction of sp³-hybridized carbons (Fsp3) is 0.583. The van der Waals surface area contributed by atoms with E-state index in [2.05, 4.69) is 10.0 Å². The van der Waals surface area contributed by atoms with E-state index < -0.39 is 47.6 Å². The molecule has 23 heavy (non-hydrogen) atoms. The minimum absolute atomic E-state index is 0.0399. The van der Waals surface area contributed by atoms with Gasteiger partial charge < -0.3 is 14.9 Å². The third-order valence-corrected chi connectivity index (χ3v) is 3.56. The number of azide groups is 1. The van der Waals surface area contributed by atoms with E-state index in [1.807, 2.05) is 4.98 Å². The van der Waals surface area contributed by atoms with Crippen LogP contribution in [-0.4, -0.2) is 49.9 Å². The predicted octanol–water partition coefficient (Wildman–Crippen LogP) is -1.19. The zero-order valence-corrected chi connectivity index (χ0v) is 12.1. The molecule has 0 amide bonds. The van der Waals surface area contributed by atoms with E-state index >= 15 is 0 Å². The molecule has 0 unspecified atom stereocenters. The average Bonchev–Trinajstić information content (AvgIpc) is 2.52. The van der Waals surface area contributed by atoms with Gasteiger partial charge in [0.1, 0.15) is 12.2 Å². The van der Waals surface area contributed by atoms with Gasteiger partial charge in [0, 0.05) is 23.6 Å². The highest BCUT2D eigenvalue weighted by Gasteiger charge is 2.47. The molecule has 0 aliphatic carbocycles. The van der Waals surface area contributed by atoms with Crippen molar-refractivity contribution < 1.29 is 19.7 Å². The zero-order chi connectivity index (χ0) is 17.1. The fourth-order valence-electron chi connectivity index (χ4n) is 2.37. The van der Waals surface area contributed by atoms with Crippen LogP contribution in [0.2, 0.25) is 0 Å². The molecule has 11 heteroatoms. The summed E-state index contributed by atoms with van der Waals surface area (Å²) < 4.78 is 6.26. The molecule has 1 aromatic heterocycles. The first-order chi connectivity index (χ1) is 10.9. The van der Waals surface area contributed by atoms with Crippen molar-refractivity contribution >= 4 is 5.78 Å². The van der Waals surface area contributed by atoms with Crippen LogP contribution < -0.4 is 11.2 Å². The van der Waals surface area contributed by atoms with Crippen LogP contribution in [0.1, 0.15) is 19.6 Å². The first-order valence-electron chi connectivity index (χ1n) is 6.80. The van der Waals surface area contributed by atoms with E-state index in [0.717, 1.165) is 16.8 Å². The topological polar surface area (TPSA) is 170 Å². The number of aliphatic hydroxyl groups is 2. The van der Waals surface area contributed by atoms with Crippen LogP contribution in [0.4, 0.5) is 0 Å². The SMILES string of the molecule is CCC(=O)[C@H]1O[C@@H](n2ccc(=O)[nH]c2=O)[C@H](O)[C@@H](O)[C@@H]1N=[N+]=[N-]. The van der Waals surface area contributed by atoms with Crippen LogP contribution in [0.3, 0.4) is 0 Å². The Labute approximate surface area is 128 Å². The molecule has 0 saturated carbocycles. The Kier molecular flexibility index (Phi) is 4.96. The molecule has 0 bridgehead atoms. The summed E-state index contributed by atoms with van der Waals surface area (Å²) in [5.74, 6) is -0.462. The lowest BCUT2D eigenvalue weighted by Gasteiger charge is -2.40. The Morgan fingerprint density at radius 3 is 2.74 bits per heavy atom. The van der Waals surface area contributed by atoms with Gasteiger partial charge in [-0.1, -0.05) is 12.0 Å². The lowest BCUT2D eigenvalue weighted by atomic mass is 9.92. The monoisotopic (exact) mass is 325 g/mol. The van der Waals surface area contributed by atoms with Crippen molar-refractivity contribution in [3.8, 4) is 0 Å². The summed E-state index contributed by atoms with van der Waals surface area (Å²) in [5.41, 5.74) is 7.03. The number of ketones is 1. The maximum Gasteiger partial charge on any atom is 0.330 e. The lowest BCUT2D eigenvalue weighted by Crippen LogP contribution is -2.58. The van der Waals surface area contributed by atoms with Gasteiger partial charge in [-0.05, 0) is 5.53 Å². The van der Waals surface area contributed by atoms with Gasteiger partial charge in [0.15, 0.2) is 12.0 Å². The molecule has 3 N–H and O–H groups in total. The van der Waals surface area contributed by atoms with Gasteiger partial charge in [-0.25, -0.2) is 4.79 Å². The number of carbonyl (C=O) groups is 1. The van der Waals surface area contributed by atoms with Gasteiger partial charge in [0.2, 0.25) is 0 Å². The van der Waals surface area contributed by atoms with E-state index in [4.69, 9.17) is 10.3 Å². The predicted molar refractivity (Wildman–Crippen MR) is 75.5 cm³/mol. The molecule has 1 aliphatic heterocycles. The number of H-pyrrole nitrogens is 1. The van der Waals surface area contributed by atoms with Crippen molar-refractivity contribution in [3.05, 3.63) is 43.5 Å². The van der Waals surface area contributed by atoms with Gasteiger partial charge in [0.25, 0.3) is 5.56 Å². The van der Waals surface area contributed by atoms with E-state index in [-0.39, 0.29) is 6.42 Å². The maximum atomic E-state index is 12.0. The summed E-state index contributed by atoms with van der Waals surface area (Å²) in [7, 11) is 0. The van der Waals surface area contributed by atoms with Crippen molar-refractivity contribution in [1.82, 2.24) is 9.55 Å². The molecule has 0 spiro atoms. The average molecular weight is 325 g/mol. The lowest BCUT2D eigenvalue weighted by molar-refractivity contribution is -0.207. The first-order valence-corrected chi connectivity index (χ1v) is 6.80. The van der Waals surface area contributed by atoms with Gasteiger partial charge >= 0.3 is 5.69 Å². The van der Waals surface area contributed by atoms with E-state index in [1.54, 1.807) is 6.92 Å². The number of carbonyl (C=O) groups excluding carboxylic acids is 1. The van der Waals surface area contributed by atoms with Gasteiger partial charge in [-0.15, -0.1) is 0 Å². The zero-order valence-electron chi connectivity index (χ0n) is 12.1. The molecule has 1 fully saturated rings. The van der Waals surface area contributed by atoms with E-state index in [0.29, 0.717) is 0 Å². The number of nitrogens with zero attached hydrogens (tertiary/aromatic N) is 4. The smallest absolute Gasteiger partial charge is 0.330 e. The first kappa shape index (κ1) is 16.9. The number of hydrogen-bond donors (Lipinski definition) is 3. The normalized spacial score (nSPS) is 30.5. The second-order valence-electron chi connectivity index (χ2n) is 4.96. The quantitative estimate of drug-likeness (QED) is 0.357. The van der Waals surface area contributed by atoms with Crippen molar-refractivity contribution in [2.75, 3.05) is 0 Å². The molecule has 1 aliphatic rings. The number of Topliss-reactive ketones (excluding diaryl/α,β-unsaturated/α-hetero) is 1. The van der Waals surface area contributed by atoms with Crippen LogP contribution in [-0.2, 0) is 9.53 Å². The number of ether oxygens (including phenoxy) is 1. The molecule has 124 valence electrons. The minimum Gasteiger partial charge on any atom is -0.390 e. The molecule has 1 saturated heterocycles. The summed E-state index contributed by atoms with van der Waals surface area (Å²) in [4.78, 5) is 39.4. The summed E-state index contributed by atoms with van der Waals surface area (Å²) in [5, 5.41) is 23.6. The van der Waals surface area contributed by atoms with Crippen LogP contribution >= 0.6 is 0 Å². The molecule has 1 aromatic rings. The number of hydrogen-bond acceptors (Lipinski definition) is 7. The van der Waals surface area contributed by atoms with Crippen LogP contribution in [0.5, 0.6) is 0 Å². The molecule has 5 atom stereocenters. The molecule has 0 aromatic carbocycles. The van der Waals surface area contributed by atoms with Gasteiger partial charge in [0.05, 0.1) is 12.1 Å². The number of aliphatic hydroxyl groups excluding tert-OH is 2. The molecular formula is C12H15N5O6. The highest BCUT2D eigenvalue weighted by molar-refractivity contribution is 5.83. The molecule has 2 rings (SSSR count). The standard InChI is InChI=1S/C12H15N5O6/c1-2-5(18)10-7(15-16-13)8(20)9(21)11(23-10)17-4-3-6(19)14-12(17)22/h3-4,7-11,20-21H,2H2,1H3,(H,14,19,22)/t7-,8-,9+,10+,11+/m0/s1. The molecular weight excluding hydrogens is 310 g/mol. The Bertz CT molecular complexity index is 751. The van der Waals surface area contributed by atoms with Crippen LogP contribution in [0.25, 0.3) is 10.4 Å². The minimum atomic E-state index is -1.64. The molecule has 0 radical (unpaired) electrons. The number of aromatic nitrogens is 2. The third kappa shape index (κ3) is 3.17. The third-order valence-electron chi connectivity index (χ3n) is 3.56. The van der Waals surface area contributed by atoms with E-state index in [1.165, 1.54) is 0 Å². The van der Waals surface area contributed by atoms with Crippen molar-refractivity contribution in [3.63, 3.8) is 0 Å². The van der Waals surface area contributed by atoms with E-state index in [9.17, 15) is 24.6 Å². The fourth-order valence-corrected chi connectivity index (χ4v) is 2.37. The number of aromatic amines is 1. The maximum absolute atomic E-state index is 12.0. The van der Waals surface area contributed by atoms with Gasteiger partial charge in [-0.2, -0.15) is 0 Å². The second kappa shape index (κ2) is 6.75. The van der Waals surface area contributed by atoms with Crippen molar-refractivity contribution in [2.45, 2.75) is 43.9 Å². The molecule has 2 heterocycles. The van der Waals surface area contributed by atoms with Gasteiger partial charge in [-0.3, -0.25) is 19.1 Å². The number of nitrogens with one attached hydrogen (secondary N) is 1. The Morgan fingerprint density at radius 1 is 1.48 bits per heavy atom. The van der Waals surface area contributed by atoms with Crippen LogP contribution in [0, 0.1) is 0 Å². The summed E-state index contributed by atoms with van der Waals surface area (Å²) in [6.45, 7) is 1.55.